The van der Waals surface area contributed by atoms with E-state index in [1.54, 1.807) is 36.4 Å². The van der Waals surface area contributed by atoms with Crippen molar-refractivity contribution in [2.24, 2.45) is 0 Å². The third-order valence-corrected chi connectivity index (χ3v) is 3.69. The number of aromatic amines is 1. The molecule has 1 heterocycles. The molecule has 1 aromatic heterocycles. The molecule has 3 N–H and O–H groups in total. The molecule has 0 aliphatic heterocycles. The summed E-state index contributed by atoms with van der Waals surface area (Å²) in [6.45, 7) is 0.322. The molecule has 0 aliphatic carbocycles. The van der Waals surface area contributed by atoms with Crippen LogP contribution in [0.25, 0.3) is 10.9 Å². The van der Waals surface area contributed by atoms with Crippen molar-refractivity contribution < 1.29 is 18.7 Å². The summed E-state index contributed by atoms with van der Waals surface area (Å²) in [7, 11) is 1.30. The normalized spacial score (nSPS) is 10.5. The second kappa shape index (κ2) is 7.04. The SMILES string of the molecule is COC(=O)NCc1ccc(NC(=O)c2cc3c(F)cccc3[nH]2)cc1. The lowest BCUT2D eigenvalue weighted by molar-refractivity contribution is 0.102. The molecule has 3 aromatic rings. The molecule has 0 unspecified atom stereocenters. The largest absolute Gasteiger partial charge is 0.453 e. The number of methoxy groups -OCH3 is 1. The lowest BCUT2D eigenvalue weighted by atomic mass is 10.2. The monoisotopic (exact) mass is 341 g/mol. The van der Waals surface area contributed by atoms with Crippen LogP contribution in [0.1, 0.15) is 16.1 Å². The Morgan fingerprint density at radius 3 is 2.60 bits per heavy atom. The van der Waals surface area contributed by atoms with Crippen LogP contribution in [0.4, 0.5) is 14.9 Å². The highest BCUT2D eigenvalue weighted by Crippen LogP contribution is 2.19. The molecule has 7 heteroatoms. The predicted octanol–water partition coefficient (Wildman–Crippen LogP) is 3.42. The third kappa shape index (κ3) is 3.77. The predicted molar refractivity (Wildman–Crippen MR) is 91.9 cm³/mol. The smallest absolute Gasteiger partial charge is 0.407 e. The number of aromatic nitrogens is 1. The molecule has 0 bridgehead atoms. The number of anilines is 1. The quantitative estimate of drug-likeness (QED) is 0.680. The number of carbonyl (C=O) groups is 2. The van der Waals surface area contributed by atoms with Crippen molar-refractivity contribution in [1.82, 2.24) is 10.3 Å². The first-order chi connectivity index (χ1) is 12.1. The fraction of sp³-hybridized carbons (Fsp3) is 0.111. The van der Waals surface area contributed by atoms with Crippen LogP contribution < -0.4 is 10.6 Å². The lowest BCUT2D eigenvalue weighted by Gasteiger charge is -2.06. The first-order valence-electron chi connectivity index (χ1n) is 7.56. The minimum atomic E-state index is -0.511. The van der Waals surface area contributed by atoms with E-state index < -0.39 is 6.09 Å². The number of nitrogens with one attached hydrogen (secondary N) is 3. The van der Waals surface area contributed by atoms with E-state index in [2.05, 4.69) is 20.4 Å². The van der Waals surface area contributed by atoms with Crippen LogP contribution in [0.2, 0.25) is 0 Å². The van der Waals surface area contributed by atoms with Gasteiger partial charge in [-0.1, -0.05) is 18.2 Å². The molecular formula is C18H16FN3O3. The van der Waals surface area contributed by atoms with E-state index in [0.717, 1.165) is 5.56 Å². The number of fused-ring (bicyclic) bond motifs is 1. The molecule has 0 saturated carbocycles. The number of H-pyrrole nitrogens is 1. The molecule has 25 heavy (non-hydrogen) atoms. The summed E-state index contributed by atoms with van der Waals surface area (Å²) in [6, 6.07) is 13.1. The van der Waals surface area contributed by atoms with Crippen molar-refractivity contribution in [3.63, 3.8) is 0 Å². The molecule has 0 saturated heterocycles. The number of hydrogen-bond donors (Lipinski definition) is 3. The van der Waals surface area contributed by atoms with Gasteiger partial charge in [-0.2, -0.15) is 0 Å². The molecule has 0 spiro atoms. The van der Waals surface area contributed by atoms with E-state index in [1.165, 1.54) is 19.2 Å². The number of benzene rings is 2. The van der Waals surface area contributed by atoms with Crippen LogP contribution in [-0.2, 0) is 11.3 Å². The Balaban J connectivity index is 1.67. The fourth-order valence-electron chi connectivity index (χ4n) is 2.39. The topological polar surface area (TPSA) is 83.2 Å². The maximum atomic E-state index is 13.7. The molecule has 0 aliphatic rings. The van der Waals surface area contributed by atoms with Crippen LogP contribution >= 0.6 is 0 Å². The minimum absolute atomic E-state index is 0.275. The third-order valence-electron chi connectivity index (χ3n) is 3.69. The van der Waals surface area contributed by atoms with Gasteiger partial charge in [0.05, 0.1) is 7.11 Å². The van der Waals surface area contributed by atoms with Gasteiger partial charge in [0.25, 0.3) is 5.91 Å². The van der Waals surface area contributed by atoms with E-state index >= 15 is 0 Å². The Morgan fingerprint density at radius 1 is 1.16 bits per heavy atom. The van der Waals surface area contributed by atoms with Gasteiger partial charge in [0.2, 0.25) is 0 Å². The Labute approximate surface area is 143 Å². The highest BCUT2D eigenvalue weighted by Gasteiger charge is 2.12. The molecule has 3 rings (SSSR count). The van der Waals surface area contributed by atoms with E-state index in [1.807, 2.05) is 0 Å². The van der Waals surface area contributed by atoms with Gasteiger partial charge in [-0.25, -0.2) is 9.18 Å². The van der Waals surface area contributed by atoms with Crippen LogP contribution in [-0.4, -0.2) is 24.1 Å². The van der Waals surface area contributed by atoms with Crippen molar-refractivity contribution in [2.75, 3.05) is 12.4 Å². The van der Waals surface area contributed by atoms with Gasteiger partial charge in [-0.3, -0.25) is 4.79 Å². The standard InChI is InChI=1S/C18H16FN3O3/c1-25-18(24)20-10-11-5-7-12(8-6-11)21-17(23)16-9-13-14(19)3-2-4-15(13)22-16/h2-9,22H,10H2,1H3,(H,20,24)(H,21,23). The number of ether oxygens (including phenoxy) is 1. The summed E-state index contributed by atoms with van der Waals surface area (Å²) in [5.74, 6) is -0.744. The number of carbonyl (C=O) groups excluding carboxylic acids is 2. The number of amides is 2. The van der Waals surface area contributed by atoms with Gasteiger partial charge in [-0.15, -0.1) is 0 Å². The molecule has 0 fully saturated rings. The van der Waals surface area contributed by atoms with E-state index in [4.69, 9.17) is 0 Å². The fourth-order valence-corrected chi connectivity index (χ4v) is 2.39. The summed E-state index contributed by atoms with van der Waals surface area (Å²) in [5.41, 5.74) is 2.29. The summed E-state index contributed by atoms with van der Waals surface area (Å²) in [5, 5.41) is 5.68. The van der Waals surface area contributed by atoms with Gasteiger partial charge in [0.15, 0.2) is 0 Å². The summed E-state index contributed by atoms with van der Waals surface area (Å²) < 4.78 is 18.2. The van der Waals surface area contributed by atoms with Crippen LogP contribution in [0, 0.1) is 5.82 Å². The Hall–Kier alpha value is -3.35. The molecule has 6 nitrogen and oxygen atoms in total. The van der Waals surface area contributed by atoms with Gasteiger partial charge in [-0.05, 0) is 35.9 Å². The molecule has 2 aromatic carbocycles. The maximum absolute atomic E-state index is 13.7. The average molecular weight is 341 g/mol. The highest BCUT2D eigenvalue weighted by molar-refractivity contribution is 6.06. The molecular weight excluding hydrogens is 325 g/mol. The Morgan fingerprint density at radius 2 is 1.92 bits per heavy atom. The zero-order valence-corrected chi connectivity index (χ0v) is 13.4. The van der Waals surface area contributed by atoms with Gasteiger partial charge < -0.3 is 20.4 Å². The van der Waals surface area contributed by atoms with Crippen molar-refractivity contribution in [1.29, 1.82) is 0 Å². The Bertz CT molecular complexity index is 919. The highest BCUT2D eigenvalue weighted by atomic mass is 19.1. The summed E-state index contributed by atoms with van der Waals surface area (Å²) >= 11 is 0. The van der Waals surface area contributed by atoms with Crippen molar-refractivity contribution in [2.45, 2.75) is 6.54 Å². The van der Waals surface area contributed by atoms with Crippen molar-refractivity contribution in [3.05, 3.63) is 65.6 Å². The van der Waals surface area contributed by atoms with Gasteiger partial charge >= 0.3 is 6.09 Å². The van der Waals surface area contributed by atoms with Crippen molar-refractivity contribution in [3.8, 4) is 0 Å². The van der Waals surface area contributed by atoms with Crippen LogP contribution in [0.3, 0.4) is 0 Å². The zero-order valence-electron chi connectivity index (χ0n) is 13.4. The summed E-state index contributed by atoms with van der Waals surface area (Å²) in [4.78, 5) is 26.2. The van der Waals surface area contributed by atoms with Crippen LogP contribution in [0.5, 0.6) is 0 Å². The lowest BCUT2D eigenvalue weighted by Crippen LogP contribution is -2.22. The van der Waals surface area contributed by atoms with Gasteiger partial charge in [0.1, 0.15) is 11.5 Å². The number of rotatable bonds is 4. The first-order valence-corrected chi connectivity index (χ1v) is 7.56. The number of alkyl carbamates (subject to hydrolysis) is 1. The molecule has 0 atom stereocenters. The molecule has 2 amide bonds. The second-order valence-electron chi connectivity index (χ2n) is 5.38. The second-order valence-corrected chi connectivity index (χ2v) is 5.38. The Kier molecular flexibility index (Phi) is 4.65. The minimum Gasteiger partial charge on any atom is -0.453 e. The number of halogens is 1. The average Bonchev–Trinajstić information content (AvgIpc) is 3.07. The zero-order chi connectivity index (χ0) is 17.8. The molecule has 0 radical (unpaired) electrons. The van der Waals surface area contributed by atoms with E-state index in [9.17, 15) is 14.0 Å². The van der Waals surface area contributed by atoms with Gasteiger partial charge in [0, 0.05) is 23.1 Å². The maximum Gasteiger partial charge on any atom is 0.407 e. The van der Waals surface area contributed by atoms with Crippen molar-refractivity contribution >= 4 is 28.6 Å². The number of hydrogen-bond acceptors (Lipinski definition) is 3. The first kappa shape index (κ1) is 16.5. The van der Waals surface area contributed by atoms with E-state index in [0.29, 0.717) is 23.1 Å². The van der Waals surface area contributed by atoms with Crippen LogP contribution in [0.15, 0.2) is 48.5 Å². The summed E-state index contributed by atoms with van der Waals surface area (Å²) in [6.07, 6.45) is -0.511. The van der Waals surface area contributed by atoms with E-state index in [-0.39, 0.29) is 17.4 Å². The molecule has 128 valence electrons.